The summed E-state index contributed by atoms with van der Waals surface area (Å²) in [5, 5.41) is 16.7. The topological polar surface area (TPSA) is 149 Å². The van der Waals surface area contributed by atoms with Crippen molar-refractivity contribution in [3.8, 4) is 17.1 Å². The van der Waals surface area contributed by atoms with Crippen molar-refractivity contribution in [2.45, 2.75) is 25.6 Å². The van der Waals surface area contributed by atoms with Crippen LogP contribution in [0, 0.1) is 5.41 Å². The third-order valence-corrected chi connectivity index (χ3v) is 7.33. The Hall–Kier alpha value is -5.39. The molecule has 0 fully saturated rings. The van der Waals surface area contributed by atoms with E-state index in [9.17, 15) is 9.59 Å². The number of carbonyl (C=O) groups excluding carboxylic acids is 2. The maximum atomic E-state index is 13.2. The molecule has 236 valence electrons. The molecule has 0 bridgehead atoms. The van der Waals surface area contributed by atoms with E-state index in [0.717, 1.165) is 11.1 Å². The summed E-state index contributed by atoms with van der Waals surface area (Å²) in [7, 11) is 2.69. The number of amidine groups is 1. The lowest BCUT2D eigenvalue weighted by Gasteiger charge is -2.29. The zero-order valence-corrected chi connectivity index (χ0v) is 26.2. The standard InChI is InChI=1S/C34H33N7O4.ClH/c1-44-33(42)25-13-14-27(28(17-25)32(35)36)29-15-16-31(39-38-29)41-21-26(37-22-41)18-30(34(43)45-2)40(19-23-9-5-3-6-10-23)20-24-11-7-4-8-12-24;/h3-17,21-22,30H,18-20H2,1-2H3,(H3,35,36);1H. The third-order valence-electron chi connectivity index (χ3n) is 7.33. The molecule has 0 saturated carbocycles. The lowest BCUT2D eigenvalue weighted by Crippen LogP contribution is -2.42. The van der Waals surface area contributed by atoms with Gasteiger partial charge in [-0.15, -0.1) is 22.6 Å². The predicted octanol–water partition coefficient (Wildman–Crippen LogP) is 4.61. The first-order valence-corrected chi connectivity index (χ1v) is 14.2. The highest BCUT2D eigenvalue weighted by Gasteiger charge is 2.28. The second-order valence-corrected chi connectivity index (χ2v) is 10.3. The molecule has 3 N–H and O–H groups in total. The summed E-state index contributed by atoms with van der Waals surface area (Å²) >= 11 is 0. The van der Waals surface area contributed by atoms with Crippen molar-refractivity contribution in [1.29, 1.82) is 5.41 Å². The van der Waals surface area contributed by atoms with Gasteiger partial charge < -0.3 is 15.2 Å². The Balaban J connectivity index is 0.00000480. The second-order valence-electron chi connectivity index (χ2n) is 10.3. The molecule has 0 aliphatic heterocycles. The number of nitrogens with one attached hydrogen (secondary N) is 1. The third kappa shape index (κ3) is 8.00. The van der Waals surface area contributed by atoms with Gasteiger partial charge in [0.15, 0.2) is 5.82 Å². The van der Waals surface area contributed by atoms with Crippen LogP contribution in [0.3, 0.4) is 0 Å². The van der Waals surface area contributed by atoms with Gasteiger partial charge in [0.2, 0.25) is 0 Å². The van der Waals surface area contributed by atoms with Crippen molar-refractivity contribution in [2.75, 3.05) is 14.2 Å². The van der Waals surface area contributed by atoms with Crippen molar-refractivity contribution in [3.05, 3.63) is 131 Å². The number of nitrogens with zero attached hydrogens (tertiary/aromatic N) is 5. The van der Waals surface area contributed by atoms with Crippen molar-refractivity contribution >= 4 is 30.2 Å². The zero-order valence-electron chi connectivity index (χ0n) is 25.4. The van der Waals surface area contributed by atoms with Crippen molar-refractivity contribution in [1.82, 2.24) is 24.6 Å². The maximum absolute atomic E-state index is 13.2. The molecule has 0 radical (unpaired) electrons. The molecule has 3 aromatic carbocycles. The minimum Gasteiger partial charge on any atom is -0.468 e. The van der Waals surface area contributed by atoms with Gasteiger partial charge in [-0.25, -0.2) is 9.78 Å². The Morgan fingerprint density at radius 1 is 0.891 bits per heavy atom. The number of hydrogen-bond donors (Lipinski definition) is 2. The number of nitrogen functional groups attached to an aromatic ring is 1. The number of imidazole rings is 1. The van der Waals surface area contributed by atoms with Crippen LogP contribution in [0.4, 0.5) is 0 Å². The van der Waals surface area contributed by atoms with E-state index in [1.807, 2.05) is 66.9 Å². The number of carbonyl (C=O) groups is 2. The normalized spacial score (nSPS) is 11.4. The summed E-state index contributed by atoms with van der Waals surface area (Å²) in [6.07, 6.45) is 3.76. The quantitative estimate of drug-likeness (QED) is 0.113. The summed E-state index contributed by atoms with van der Waals surface area (Å²) in [6, 6.07) is 27.7. The number of benzene rings is 3. The molecule has 2 aromatic heterocycles. The Morgan fingerprint density at radius 3 is 2.09 bits per heavy atom. The lowest BCUT2D eigenvalue weighted by molar-refractivity contribution is -0.147. The highest BCUT2D eigenvalue weighted by molar-refractivity contribution is 6.03. The Kier molecular flexibility index (Phi) is 11.3. The van der Waals surface area contributed by atoms with Crippen molar-refractivity contribution < 1.29 is 19.1 Å². The molecule has 0 saturated heterocycles. The largest absolute Gasteiger partial charge is 0.468 e. The summed E-state index contributed by atoms with van der Waals surface area (Å²) in [5.74, 6) is -0.582. The van der Waals surface area contributed by atoms with Gasteiger partial charge in [-0.05, 0) is 35.4 Å². The number of methoxy groups -OCH3 is 2. The van der Waals surface area contributed by atoms with E-state index < -0.39 is 12.0 Å². The van der Waals surface area contributed by atoms with Gasteiger partial charge in [-0.2, -0.15) is 0 Å². The van der Waals surface area contributed by atoms with Crippen LogP contribution in [-0.2, 0) is 33.8 Å². The van der Waals surface area contributed by atoms with Crippen LogP contribution < -0.4 is 5.73 Å². The highest BCUT2D eigenvalue weighted by Crippen LogP contribution is 2.24. The minimum atomic E-state index is -0.592. The van der Waals surface area contributed by atoms with Gasteiger partial charge in [0.1, 0.15) is 18.2 Å². The fourth-order valence-corrected chi connectivity index (χ4v) is 5.04. The van der Waals surface area contributed by atoms with Gasteiger partial charge in [0.05, 0.1) is 31.2 Å². The summed E-state index contributed by atoms with van der Waals surface area (Å²) in [5.41, 5.74) is 10.3. The first-order chi connectivity index (χ1) is 21.9. The predicted molar refractivity (Wildman–Crippen MR) is 176 cm³/mol. The molecular formula is C34H34ClN7O4. The Bertz CT molecular complexity index is 1740. The maximum Gasteiger partial charge on any atom is 0.337 e. The summed E-state index contributed by atoms with van der Waals surface area (Å²) in [4.78, 5) is 31.8. The Labute approximate surface area is 272 Å². The average molecular weight is 640 g/mol. The molecule has 11 nitrogen and oxygen atoms in total. The van der Waals surface area contributed by atoms with E-state index in [2.05, 4.69) is 20.1 Å². The molecule has 0 spiro atoms. The van der Waals surface area contributed by atoms with E-state index in [1.165, 1.54) is 20.3 Å². The molecule has 2 heterocycles. The van der Waals surface area contributed by atoms with Crippen LogP contribution >= 0.6 is 12.4 Å². The number of ether oxygens (including phenoxy) is 2. The molecule has 0 aliphatic carbocycles. The molecule has 0 amide bonds. The van der Waals surface area contributed by atoms with Crippen molar-refractivity contribution in [3.63, 3.8) is 0 Å². The fraction of sp³-hybridized carbons (Fsp3) is 0.176. The molecule has 12 heteroatoms. The van der Waals surface area contributed by atoms with Crippen LogP contribution in [-0.4, -0.2) is 62.7 Å². The van der Waals surface area contributed by atoms with Gasteiger partial charge in [-0.3, -0.25) is 19.7 Å². The second kappa shape index (κ2) is 15.6. The van der Waals surface area contributed by atoms with E-state index in [-0.39, 0.29) is 29.8 Å². The van der Waals surface area contributed by atoms with Crippen LogP contribution in [0.2, 0.25) is 0 Å². The van der Waals surface area contributed by atoms with Crippen LogP contribution in [0.25, 0.3) is 17.1 Å². The minimum absolute atomic E-state index is 0. The first kappa shape index (κ1) is 33.5. The fourth-order valence-electron chi connectivity index (χ4n) is 5.04. The van der Waals surface area contributed by atoms with Gasteiger partial charge in [0, 0.05) is 36.8 Å². The van der Waals surface area contributed by atoms with Gasteiger partial charge in [-0.1, -0.05) is 66.7 Å². The first-order valence-electron chi connectivity index (χ1n) is 14.2. The van der Waals surface area contributed by atoms with E-state index in [1.54, 1.807) is 35.2 Å². The lowest BCUT2D eigenvalue weighted by atomic mass is 10.0. The van der Waals surface area contributed by atoms with Crippen LogP contribution in [0.15, 0.2) is 104 Å². The Morgan fingerprint density at radius 2 is 1.54 bits per heavy atom. The van der Waals surface area contributed by atoms with Gasteiger partial charge in [0.25, 0.3) is 0 Å². The SMILES string of the molecule is COC(=O)c1ccc(-c2ccc(-n3cnc(CC(C(=O)OC)N(Cc4ccccc4)Cc4ccccc4)c3)nn2)c(C(=N)N)c1.Cl. The number of esters is 2. The molecule has 46 heavy (non-hydrogen) atoms. The highest BCUT2D eigenvalue weighted by atomic mass is 35.5. The molecule has 5 aromatic rings. The van der Waals surface area contributed by atoms with E-state index in [0.29, 0.717) is 47.8 Å². The van der Waals surface area contributed by atoms with Crippen LogP contribution in [0.1, 0.15) is 32.7 Å². The number of aromatic nitrogens is 4. The molecule has 1 unspecified atom stereocenters. The number of rotatable bonds is 12. The van der Waals surface area contributed by atoms with E-state index >= 15 is 0 Å². The molecule has 1 atom stereocenters. The summed E-state index contributed by atoms with van der Waals surface area (Å²) < 4.78 is 11.8. The molecule has 5 rings (SSSR count). The van der Waals surface area contributed by atoms with Gasteiger partial charge >= 0.3 is 11.9 Å². The zero-order chi connectivity index (χ0) is 31.8. The average Bonchev–Trinajstić information content (AvgIpc) is 3.55. The van der Waals surface area contributed by atoms with Crippen molar-refractivity contribution in [2.24, 2.45) is 5.73 Å². The number of nitrogens with two attached hydrogens (primary N) is 1. The van der Waals surface area contributed by atoms with Crippen LogP contribution in [0.5, 0.6) is 0 Å². The number of halogens is 1. The van der Waals surface area contributed by atoms with E-state index in [4.69, 9.17) is 20.6 Å². The summed E-state index contributed by atoms with van der Waals surface area (Å²) in [6.45, 7) is 1.10. The number of hydrogen-bond acceptors (Lipinski definition) is 9. The smallest absolute Gasteiger partial charge is 0.337 e. The molecule has 0 aliphatic rings. The monoisotopic (exact) mass is 639 g/mol. The molecular weight excluding hydrogens is 606 g/mol.